The van der Waals surface area contributed by atoms with Crippen LogP contribution in [0.5, 0.6) is 0 Å². The van der Waals surface area contributed by atoms with Gasteiger partial charge in [0.05, 0.1) is 18.6 Å². The number of Topliss-reactive ketones (excluding diaryl/α,β-unsaturated/α-hetero) is 1. The Bertz CT molecular complexity index is 406. The van der Waals surface area contributed by atoms with Gasteiger partial charge in [-0.15, -0.1) is 0 Å². The maximum absolute atomic E-state index is 12.5. The van der Waals surface area contributed by atoms with Crippen LogP contribution in [0.25, 0.3) is 0 Å². The second kappa shape index (κ2) is 8.81. The molecule has 4 nitrogen and oxygen atoms in total. The van der Waals surface area contributed by atoms with E-state index in [4.69, 9.17) is 4.74 Å². The third kappa shape index (κ3) is 5.91. The van der Waals surface area contributed by atoms with Crippen LogP contribution in [0.4, 0.5) is 0 Å². The van der Waals surface area contributed by atoms with Crippen LogP contribution in [0.1, 0.15) is 60.8 Å². The van der Waals surface area contributed by atoms with E-state index in [9.17, 15) is 14.7 Å². The second-order valence-corrected chi connectivity index (χ2v) is 8.01. The van der Waals surface area contributed by atoms with Gasteiger partial charge in [0.15, 0.2) is 0 Å². The largest absolute Gasteiger partial charge is 0.465 e. The summed E-state index contributed by atoms with van der Waals surface area (Å²) in [6, 6.07) is 0. The van der Waals surface area contributed by atoms with Crippen LogP contribution in [0.3, 0.4) is 0 Å². The highest BCUT2D eigenvalue weighted by Crippen LogP contribution is 2.28. The summed E-state index contributed by atoms with van der Waals surface area (Å²) >= 11 is 0. The van der Waals surface area contributed by atoms with Crippen LogP contribution < -0.4 is 0 Å². The van der Waals surface area contributed by atoms with E-state index in [1.807, 2.05) is 20.8 Å². The Morgan fingerprint density at radius 2 is 1.39 bits per heavy atom. The highest BCUT2D eigenvalue weighted by molar-refractivity contribution is 5.83. The van der Waals surface area contributed by atoms with Crippen molar-refractivity contribution in [2.75, 3.05) is 6.61 Å². The number of aliphatic hydroxyl groups excluding tert-OH is 1. The topological polar surface area (TPSA) is 63.6 Å². The number of rotatable bonds is 0. The average Bonchev–Trinajstić information content (AvgIpc) is 2.48. The van der Waals surface area contributed by atoms with Gasteiger partial charge < -0.3 is 9.84 Å². The van der Waals surface area contributed by atoms with Crippen molar-refractivity contribution in [1.82, 2.24) is 0 Å². The molecule has 23 heavy (non-hydrogen) atoms. The number of ketones is 1. The lowest BCUT2D eigenvalue weighted by molar-refractivity contribution is -0.151. The minimum Gasteiger partial charge on any atom is -0.465 e. The summed E-state index contributed by atoms with van der Waals surface area (Å²) in [7, 11) is 0. The molecule has 0 aliphatic carbocycles. The summed E-state index contributed by atoms with van der Waals surface area (Å²) in [5.74, 6) is -0.0691. The smallest absolute Gasteiger partial charge is 0.308 e. The van der Waals surface area contributed by atoms with Gasteiger partial charge in [0.2, 0.25) is 0 Å². The van der Waals surface area contributed by atoms with Crippen LogP contribution >= 0.6 is 0 Å². The first-order valence-corrected chi connectivity index (χ1v) is 9.01. The van der Waals surface area contributed by atoms with Crippen LogP contribution in [-0.4, -0.2) is 29.6 Å². The Balaban J connectivity index is 2.89. The monoisotopic (exact) mass is 326 g/mol. The molecule has 1 N–H and O–H groups in total. The standard InChI is InChI=1S/C19H34O4/c1-11-7-12(2)9-14(4)19(22)23-10-15(5)18(21)16(6)17(20)13(3)8-11/h11-16,18,21H,7-10H2,1-6H3/t11-,12-,13-,14?,15+,16?,18?/m1/s1. The summed E-state index contributed by atoms with van der Waals surface area (Å²) in [6.45, 7) is 12.0. The normalized spacial score (nSPS) is 42.0. The summed E-state index contributed by atoms with van der Waals surface area (Å²) in [4.78, 5) is 24.6. The van der Waals surface area contributed by atoms with Crippen molar-refractivity contribution in [2.45, 2.75) is 66.9 Å². The van der Waals surface area contributed by atoms with Crippen molar-refractivity contribution in [1.29, 1.82) is 0 Å². The fourth-order valence-electron chi connectivity index (χ4n) is 3.86. The fourth-order valence-corrected chi connectivity index (χ4v) is 3.86. The molecule has 0 saturated carbocycles. The molecule has 1 heterocycles. The second-order valence-electron chi connectivity index (χ2n) is 8.01. The van der Waals surface area contributed by atoms with Gasteiger partial charge in [-0.2, -0.15) is 0 Å². The van der Waals surface area contributed by atoms with Crippen molar-refractivity contribution in [2.24, 2.45) is 35.5 Å². The number of carbonyl (C=O) groups excluding carboxylic acids is 2. The number of aliphatic hydroxyl groups is 1. The maximum Gasteiger partial charge on any atom is 0.308 e. The Morgan fingerprint density at radius 1 is 0.870 bits per heavy atom. The molecule has 0 aromatic heterocycles. The molecule has 3 unspecified atom stereocenters. The van der Waals surface area contributed by atoms with E-state index < -0.39 is 12.0 Å². The number of cyclic esters (lactones) is 1. The zero-order chi connectivity index (χ0) is 17.7. The predicted molar refractivity (Wildman–Crippen MR) is 90.8 cm³/mol. The molecule has 1 aliphatic heterocycles. The molecule has 134 valence electrons. The Hall–Kier alpha value is -0.900. The Kier molecular flexibility index (Phi) is 7.72. The summed E-state index contributed by atoms with van der Waals surface area (Å²) in [6.07, 6.45) is 1.87. The highest BCUT2D eigenvalue weighted by atomic mass is 16.5. The van der Waals surface area contributed by atoms with Crippen molar-refractivity contribution in [3.63, 3.8) is 0 Å². The van der Waals surface area contributed by atoms with Gasteiger partial charge >= 0.3 is 5.97 Å². The van der Waals surface area contributed by atoms with Gasteiger partial charge in [0.1, 0.15) is 5.78 Å². The third-order valence-corrected chi connectivity index (χ3v) is 5.24. The van der Waals surface area contributed by atoms with Crippen LogP contribution in [0.15, 0.2) is 0 Å². The van der Waals surface area contributed by atoms with E-state index in [1.165, 1.54) is 0 Å². The van der Waals surface area contributed by atoms with Gasteiger partial charge in [0, 0.05) is 17.8 Å². The molecule has 1 rings (SSSR count). The third-order valence-electron chi connectivity index (χ3n) is 5.24. The molecule has 0 aromatic carbocycles. The van der Waals surface area contributed by atoms with Gasteiger partial charge in [-0.05, 0) is 31.1 Å². The zero-order valence-corrected chi connectivity index (χ0v) is 15.5. The maximum atomic E-state index is 12.5. The number of carbonyl (C=O) groups is 2. The minimum absolute atomic E-state index is 0.0445. The van der Waals surface area contributed by atoms with Gasteiger partial charge in [0.25, 0.3) is 0 Å². The number of esters is 1. The van der Waals surface area contributed by atoms with E-state index >= 15 is 0 Å². The molecule has 4 heteroatoms. The molecular weight excluding hydrogens is 292 g/mol. The lowest BCUT2D eigenvalue weighted by Gasteiger charge is -2.28. The quantitative estimate of drug-likeness (QED) is 0.692. The average molecular weight is 326 g/mol. The molecule has 0 aromatic rings. The molecule has 1 fully saturated rings. The number of hydrogen-bond acceptors (Lipinski definition) is 4. The van der Waals surface area contributed by atoms with Crippen molar-refractivity contribution in [3.8, 4) is 0 Å². The molecule has 0 bridgehead atoms. The van der Waals surface area contributed by atoms with Crippen LogP contribution in [-0.2, 0) is 14.3 Å². The van der Waals surface area contributed by atoms with E-state index in [0.717, 1.165) is 19.3 Å². The Labute approximate surface area is 141 Å². The first-order chi connectivity index (χ1) is 10.6. The summed E-state index contributed by atoms with van der Waals surface area (Å²) in [5, 5.41) is 10.4. The van der Waals surface area contributed by atoms with Gasteiger partial charge in [-0.3, -0.25) is 9.59 Å². The fraction of sp³-hybridized carbons (Fsp3) is 0.895. The SMILES string of the molecule is CC1C[C@H](C)C[C@@H](C)C[C@@H](C)C(=O)C(C)C(O)[C@@H](C)COC1=O. The van der Waals surface area contributed by atoms with E-state index in [0.29, 0.717) is 11.8 Å². The number of hydrogen-bond donors (Lipinski definition) is 1. The van der Waals surface area contributed by atoms with Gasteiger partial charge in [-0.1, -0.05) is 41.5 Å². The first kappa shape index (κ1) is 20.1. The Morgan fingerprint density at radius 3 is 1.96 bits per heavy atom. The number of ether oxygens (including phenoxy) is 1. The highest BCUT2D eigenvalue weighted by Gasteiger charge is 2.32. The zero-order valence-electron chi connectivity index (χ0n) is 15.5. The van der Waals surface area contributed by atoms with E-state index in [1.54, 1.807) is 6.92 Å². The van der Waals surface area contributed by atoms with E-state index in [2.05, 4.69) is 13.8 Å². The van der Waals surface area contributed by atoms with Crippen molar-refractivity contribution < 1.29 is 19.4 Å². The molecular formula is C19H34O4. The molecule has 0 amide bonds. The van der Waals surface area contributed by atoms with Crippen molar-refractivity contribution in [3.05, 3.63) is 0 Å². The van der Waals surface area contributed by atoms with Crippen LogP contribution in [0, 0.1) is 35.5 Å². The molecule has 0 radical (unpaired) electrons. The summed E-state index contributed by atoms with van der Waals surface area (Å²) < 4.78 is 5.36. The lowest BCUT2D eigenvalue weighted by atomic mass is 9.80. The lowest BCUT2D eigenvalue weighted by Crippen LogP contribution is -2.37. The molecule has 1 aliphatic rings. The molecule has 0 spiro atoms. The molecule has 1 saturated heterocycles. The van der Waals surface area contributed by atoms with Crippen LogP contribution in [0.2, 0.25) is 0 Å². The van der Waals surface area contributed by atoms with Crippen molar-refractivity contribution >= 4 is 11.8 Å². The molecule has 7 atom stereocenters. The van der Waals surface area contributed by atoms with E-state index in [-0.39, 0.29) is 36.1 Å². The van der Waals surface area contributed by atoms with Gasteiger partial charge in [-0.25, -0.2) is 0 Å². The minimum atomic E-state index is -0.773. The predicted octanol–water partition coefficient (Wildman–Crippen LogP) is 3.46. The first-order valence-electron chi connectivity index (χ1n) is 9.01. The summed E-state index contributed by atoms with van der Waals surface area (Å²) in [5.41, 5.74) is 0.